The fourth-order valence-electron chi connectivity index (χ4n) is 3.68. The minimum Gasteiger partial charge on any atom is -0.449 e. The number of amides is 3. The summed E-state index contributed by atoms with van der Waals surface area (Å²) in [5, 5.41) is 16.0. The number of hydrogen-bond donors (Lipinski definition) is 2. The number of para-hydroxylation sites is 2. The second kappa shape index (κ2) is 12.4. The normalized spacial score (nSPS) is 14.5. The standard InChI is InChI=1S/C24H28N4O7/c1-17(25-23(30)34-15-18-7-3-2-4-8-18)22(29)27-13-11-19(12-14-27)16-35-24(31)26-20-9-5-6-10-21(20)28(32)33/h2-10,17,19H,11-16H2,1H3,(H,25,30)(H,26,31)/t17-/m0/s1. The molecule has 0 aliphatic carbocycles. The van der Waals surface area contributed by atoms with Gasteiger partial charge in [0.25, 0.3) is 5.69 Å². The Bertz CT molecular complexity index is 1040. The predicted octanol–water partition coefficient (Wildman–Crippen LogP) is 3.70. The summed E-state index contributed by atoms with van der Waals surface area (Å²) in [7, 11) is 0. The van der Waals surface area contributed by atoms with Crippen molar-refractivity contribution < 1.29 is 28.8 Å². The van der Waals surface area contributed by atoms with Gasteiger partial charge in [-0.25, -0.2) is 9.59 Å². The average molecular weight is 485 g/mol. The van der Waals surface area contributed by atoms with Gasteiger partial charge < -0.3 is 19.7 Å². The van der Waals surface area contributed by atoms with Gasteiger partial charge in [0.1, 0.15) is 18.3 Å². The van der Waals surface area contributed by atoms with Crippen molar-refractivity contribution in [3.63, 3.8) is 0 Å². The number of rotatable bonds is 8. The van der Waals surface area contributed by atoms with Gasteiger partial charge in [-0.2, -0.15) is 0 Å². The quantitative estimate of drug-likeness (QED) is 0.430. The average Bonchev–Trinajstić information content (AvgIpc) is 2.87. The first kappa shape index (κ1) is 25.5. The van der Waals surface area contributed by atoms with Gasteiger partial charge in [0.15, 0.2) is 0 Å². The molecule has 2 aromatic rings. The van der Waals surface area contributed by atoms with Gasteiger partial charge in [-0.05, 0) is 37.3 Å². The first-order valence-corrected chi connectivity index (χ1v) is 11.3. The molecule has 3 amide bonds. The molecule has 0 bridgehead atoms. The zero-order chi connectivity index (χ0) is 25.2. The monoisotopic (exact) mass is 484 g/mol. The molecule has 1 saturated heterocycles. The van der Waals surface area contributed by atoms with Gasteiger partial charge in [0, 0.05) is 19.2 Å². The van der Waals surface area contributed by atoms with Crippen LogP contribution >= 0.6 is 0 Å². The molecule has 0 radical (unpaired) electrons. The largest absolute Gasteiger partial charge is 0.449 e. The maximum Gasteiger partial charge on any atom is 0.411 e. The van der Waals surface area contributed by atoms with E-state index in [0.717, 1.165) is 5.56 Å². The zero-order valence-electron chi connectivity index (χ0n) is 19.3. The van der Waals surface area contributed by atoms with E-state index < -0.39 is 23.2 Å². The van der Waals surface area contributed by atoms with Crippen molar-refractivity contribution >= 4 is 29.5 Å². The fraction of sp³-hybridized carbons (Fsp3) is 0.375. The molecule has 11 heteroatoms. The molecule has 35 heavy (non-hydrogen) atoms. The van der Waals surface area contributed by atoms with Crippen LogP contribution in [0.4, 0.5) is 21.0 Å². The maximum atomic E-state index is 12.7. The summed E-state index contributed by atoms with van der Waals surface area (Å²) in [6.07, 6.45) is -0.196. The van der Waals surface area contributed by atoms with Crippen molar-refractivity contribution in [2.45, 2.75) is 32.4 Å². The van der Waals surface area contributed by atoms with E-state index in [-0.39, 0.29) is 36.4 Å². The number of hydrogen-bond acceptors (Lipinski definition) is 7. The summed E-state index contributed by atoms with van der Waals surface area (Å²) in [4.78, 5) is 48.9. The first-order valence-electron chi connectivity index (χ1n) is 11.3. The third-order valence-electron chi connectivity index (χ3n) is 5.63. The van der Waals surface area contributed by atoms with E-state index >= 15 is 0 Å². The molecule has 0 unspecified atom stereocenters. The maximum absolute atomic E-state index is 12.7. The zero-order valence-corrected chi connectivity index (χ0v) is 19.3. The Balaban J connectivity index is 1.36. The summed E-state index contributed by atoms with van der Waals surface area (Å²) in [6, 6.07) is 14.3. The van der Waals surface area contributed by atoms with Gasteiger partial charge in [-0.15, -0.1) is 0 Å². The van der Waals surface area contributed by atoms with Crippen LogP contribution in [-0.2, 0) is 20.9 Å². The highest BCUT2D eigenvalue weighted by atomic mass is 16.6. The van der Waals surface area contributed by atoms with Gasteiger partial charge in [-0.1, -0.05) is 42.5 Å². The van der Waals surface area contributed by atoms with Crippen LogP contribution in [0, 0.1) is 16.0 Å². The van der Waals surface area contributed by atoms with Crippen LogP contribution < -0.4 is 10.6 Å². The lowest BCUT2D eigenvalue weighted by molar-refractivity contribution is -0.383. The van der Waals surface area contributed by atoms with Crippen molar-refractivity contribution in [3.05, 3.63) is 70.3 Å². The molecule has 0 spiro atoms. The first-order chi connectivity index (χ1) is 16.8. The smallest absolute Gasteiger partial charge is 0.411 e. The number of nitrogens with one attached hydrogen (secondary N) is 2. The van der Waals surface area contributed by atoms with Crippen molar-refractivity contribution in [1.29, 1.82) is 0 Å². The fourth-order valence-corrected chi connectivity index (χ4v) is 3.68. The second-order valence-corrected chi connectivity index (χ2v) is 8.19. The van der Waals surface area contributed by atoms with E-state index in [2.05, 4.69) is 10.6 Å². The molecule has 1 fully saturated rings. The van der Waals surface area contributed by atoms with E-state index in [1.54, 1.807) is 17.9 Å². The summed E-state index contributed by atoms with van der Waals surface area (Å²) in [6.45, 7) is 2.78. The molecular formula is C24H28N4O7. The summed E-state index contributed by atoms with van der Waals surface area (Å²) in [5.41, 5.74) is 0.691. The number of alkyl carbamates (subject to hydrolysis) is 1. The van der Waals surface area contributed by atoms with E-state index in [1.165, 1.54) is 18.2 Å². The van der Waals surface area contributed by atoms with Crippen LogP contribution in [0.2, 0.25) is 0 Å². The van der Waals surface area contributed by atoms with E-state index in [9.17, 15) is 24.5 Å². The summed E-state index contributed by atoms with van der Waals surface area (Å²) in [5.74, 6) is -0.162. The Hall–Kier alpha value is -4.15. The van der Waals surface area contributed by atoms with Crippen molar-refractivity contribution in [3.8, 4) is 0 Å². The number of nitrogens with zero attached hydrogens (tertiary/aromatic N) is 2. The Morgan fingerprint density at radius 3 is 2.37 bits per heavy atom. The summed E-state index contributed by atoms with van der Waals surface area (Å²) >= 11 is 0. The van der Waals surface area contributed by atoms with Gasteiger partial charge in [-0.3, -0.25) is 20.2 Å². The molecule has 0 aromatic heterocycles. The molecule has 1 atom stereocenters. The van der Waals surface area contributed by atoms with Crippen LogP contribution in [0.15, 0.2) is 54.6 Å². The van der Waals surface area contributed by atoms with Gasteiger partial charge in [0.05, 0.1) is 11.5 Å². The molecule has 2 aromatic carbocycles. The van der Waals surface area contributed by atoms with Crippen LogP contribution in [0.3, 0.4) is 0 Å². The highest BCUT2D eigenvalue weighted by Crippen LogP contribution is 2.24. The third-order valence-corrected chi connectivity index (χ3v) is 5.63. The topological polar surface area (TPSA) is 140 Å². The van der Waals surface area contributed by atoms with E-state index in [4.69, 9.17) is 9.47 Å². The van der Waals surface area contributed by atoms with Crippen LogP contribution in [-0.4, -0.2) is 53.7 Å². The number of benzene rings is 2. The Labute approximate surface area is 202 Å². The number of carbonyl (C=O) groups excluding carboxylic acids is 3. The molecule has 1 aliphatic rings. The Morgan fingerprint density at radius 1 is 1.03 bits per heavy atom. The number of carbonyl (C=O) groups is 3. The summed E-state index contributed by atoms with van der Waals surface area (Å²) < 4.78 is 10.4. The molecule has 0 saturated carbocycles. The highest BCUT2D eigenvalue weighted by Gasteiger charge is 2.28. The molecule has 3 rings (SSSR count). The van der Waals surface area contributed by atoms with Crippen molar-refractivity contribution in [2.75, 3.05) is 25.0 Å². The second-order valence-electron chi connectivity index (χ2n) is 8.19. The predicted molar refractivity (Wildman–Crippen MR) is 127 cm³/mol. The molecular weight excluding hydrogens is 456 g/mol. The number of ether oxygens (including phenoxy) is 2. The molecule has 1 heterocycles. The Morgan fingerprint density at radius 2 is 1.69 bits per heavy atom. The van der Waals surface area contributed by atoms with E-state index in [1.807, 2.05) is 30.3 Å². The molecule has 11 nitrogen and oxygen atoms in total. The Kier molecular flexibility index (Phi) is 8.99. The number of piperidine rings is 1. The number of likely N-dealkylation sites (tertiary alicyclic amines) is 1. The molecule has 1 aliphatic heterocycles. The van der Waals surface area contributed by atoms with E-state index in [0.29, 0.717) is 25.9 Å². The third kappa shape index (κ3) is 7.70. The number of nitro benzene ring substituents is 1. The minimum atomic E-state index is -0.773. The molecule has 2 N–H and O–H groups in total. The SMILES string of the molecule is C[C@H](NC(=O)OCc1ccccc1)C(=O)N1CCC(COC(=O)Nc2ccccc2[N+](=O)[O-])CC1. The molecule has 186 valence electrons. The number of nitro groups is 1. The van der Waals surface area contributed by atoms with Crippen LogP contribution in [0.1, 0.15) is 25.3 Å². The van der Waals surface area contributed by atoms with Crippen LogP contribution in [0.5, 0.6) is 0 Å². The lowest BCUT2D eigenvalue weighted by Gasteiger charge is -2.33. The highest BCUT2D eigenvalue weighted by molar-refractivity contribution is 5.87. The van der Waals surface area contributed by atoms with Gasteiger partial charge in [0.2, 0.25) is 5.91 Å². The number of anilines is 1. The van der Waals surface area contributed by atoms with Gasteiger partial charge >= 0.3 is 12.2 Å². The van der Waals surface area contributed by atoms with Crippen molar-refractivity contribution in [1.82, 2.24) is 10.2 Å². The lowest BCUT2D eigenvalue weighted by atomic mass is 9.97. The minimum absolute atomic E-state index is 0.0506. The lowest BCUT2D eigenvalue weighted by Crippen LogP contribution is -2.49. The van der Waals surface area contributed by atoms with Crippen LogP contribution in [0.25, 0.3) is 0 Å². The van der Waals surface area contributed by atoms with Crippen molar-refractivity contribution in [2.24, 2.45) is 5.92 Å².